The average molecular weight is 337 g/mol. The number of amides is 3. The van der Waals surface area contributed by atoms with Crippen LogP contribution in [0.1, 0.15) is 32.4 Å². The molecule has 2 atom stereocenters. The highest BCUT2D eigenvalue weighted by Crippen LogP contribution is 2.26. The van der Waals surface area contributed by atoms with Gasteiger partial charge < -0.3 is 20.7 Å². The minimum Gasteiger partial charge on any atom is -0.370 e. The Bertz CT molecular complexity index is 615. The highest BCUT2D eigenvalue weighted by atomic mass is 19.1. The van der Waals surface area contributed by atoms with E-state index in [4.69, 9.17) is 10.5 Å². The molecule has 0 saturated carbocycles. The van der Waals surface area contributed by atoms with Gasteiger partial charge in [-0.15, -0.1) is 0 Å². The molecule has 24 heavy (non-hydrogen) atoms. The van der Waals surface area contributed by atoms with Crippen LogP contribution in [0.25, 0.3) is 0 Å². The fraction of sp³-hybridized carbons (Fsp3) is 0.529. The molecule has 132 valence electrons. The van der Waals surface area contributed by atoms with E-state index in [0.717, 1.165) is 0 Å². The number of hydrogen-bond donors (Lipinski definition) is 2. The Balaban J connectivity index is 2.15. The minimum atomic E-state index is -0.738. The van der Waals surface area contributed by atoms with Crippen LogP contribution in [0.3, 0.4) is 0 Å². The second-order valence-corrected chi connectivity index (χ2v) is 7.01. The van der Waals surface area contributed by atoms with Gasteiger partial charge in [0.15, 0.2) is 0 Å². The van der Waals surface area contributed by atoms with E-state index in [9.17, 15) is 14.0 Å². The summed E-state index contributed by atoms with van der Waals surface area (Å²) < 4.78 is 19.1. The predicted molar refractivity (Wildman–Crippen MR) is 87.6 cm³/mol. The molecule has 1 aliphatic heterocycles. The molecule has 0 bridgehead atoms. The summed E-state index contributed by atoms with van der Waals surface area (Å²) in [5, 5.41) is 2.53. The molecular formula is C17H24FN3O3. The molecule has 3 amide bonds. The van der Waals surface area contributed by atoms with Crippen LogP contribution in [-0.4, -0.2) is 42.6 Å². The van der Waals surface area contributed by atoms with Gasteiger partial charge in [0.2, 0.25) is 5.91 Å². The molecule has 1 fully saturated rings. The maximum atomic E-state index is 13.4. The van der Waals surface area contributed by atoms with Gasteiger partial charge in [-0.3, -0.25) is 4.79 Å². The summed E-state index contributed by atoms with van der Waals surface area (Å²) in [6.07, 6.45) is -0.396. The van der Waals surface area contributed by atoms with Crippen LogP contribution in [0.2, 0.25) is 0 Å². The lowest BCUT2D eigenvalue weighted by atomic mass is 9.85. The number of carbonyl (C=O) groups is 2. The SMILES string of the molecule is CC(C)(C)[C@H](NC(N)=O)C(=O)N1CCO[C@@H](c2cccc(F)c2)C1. The Morgan fingerprint density at radius 2 is 2.12 bits per heavy atom. The third-order valence-corrected chi connectivity index (χ3v) is 4.00. The van der Waals surface area contributed by atoms with E-state index in [1.54, 1.807) is 17.0 Å². The summed E-state index contributed by atoms with van der Waals surface area (Å²) in [7, 11) is 0. The number of carbonyl (C=O) groups excluding carboxylic acids is 2. The van der Waals surface area contributed by atoms with Crippen molar-refractivity contribution in [2.45, 2.75) is 32.9 Å². The highest BCUT2D eigenvalue weighted by Gasteiger charge is 2.37. The van der Waals surface area contributed by atoms with Crippen molar-refractivity contribution in [2.75, 3.05) is 19.7 Å². The first kappa shape index (κ1) is 18.2. The van der Waals surface area contributed by atoms with Gasteiger partial charge in [-0.25, -0.2) is 9.18 Å². The van der Waals surface area contributed by atoms with Crippen molar-refractivity contribution >= 4 is 11.9 Å². The molecule has 6 nitrogen and oxygen atoms in total. The van der Waals surface area contributed by atoms with Gasteiger partial charge in [-0.05, 0) is 23.1 Å². The van der Waals surface area contributed by atoms with E-state index in [1.807, 2.05) is 20.8 Å². The summed E-state index contributed by atoms with van der Waals surface area (Å²) in [5.41, 5.74) is 5.40. The molecule has 0 aliphatic carbocycles. The van der Waals surface area contributed by atoms with E-state index in [1.165, 1.54) is 12.1 Å². The standard InChI is InChI=1S/C17H24FN3O3/c1-17(2,3)14(20-16(19)23)15(22)21-7-8-24-13(10-21)11-5-4-6-12(18)9-11/h4-6,9,13-14H,7-8,10H2,1-3H3,(H3,19,20,23)/t13-,14-/m1/s1. The molecule has 1 aliphatic rings. The summed E-state index contributed by atoms with van der Waals surface area (Å²) in [6, 6.07) is 4.68. The van der Waals surface area contributed by atoms with Crippen molar-refractivity contribution in [3.8, 4) is 0 Å². The number of benzene rings is 1. The third kappa shape index (κ3) is 4.44. The number of ether oxygens (including phenoxy) is 1. The van der Waals surface area contributed by atoms with Gasteiger partial charge in [0.05, 0.1) is 13.2 Å². The highest BCUT2D eigenvalue weighted by molar-refractivity contribution is 5.87. The molecule has 1 saturated heterocycles. The Morgan fingerprint density at radius 3 is 2.71 bits per heavy atom. The van der Waals surface area contributed by atoms with Crippen molar-refractivity contribution in [3.63, 3.8) is 0 Å². The number of nitrogens with zero attached hydrogens (tertiary/aromatic N) is 1. The average Bonchev–Trinajstić information content (AvgIpc) is 2.51. The first-order chi connectivity index (χ1) is 11.2. The molecule has 0 spiro atoms. The van der Waals surface area contributed by atoms with Crippen molar-refractivity contribution in [1.82, 2.24) is 10.2 Å². The summed E-state index contributed by atoms with van der Waals surface area (Å²) in [6.45, 7) is 6.63. The molecule has 0 aromatic heterocycles. The Hall–Kier alpha value is -2.15. The molecule has 0 radical (unpaired) electrons. The second-order valence-electron chi connectivity index (χ2n) is 7.01. The van der Waals surface area contributed by atoms with Gasteiger partial charge >= 0.3 is 6.03 Å². The summed E-state index contributed by atoms with van der Waals surface area (Å²) in [5.74, 6) is -0.562. The number of urea groups is 1. The Morgan fingerprint density at radius 1 is 1.42 bits per heavy atom. The number of primary amides is 1. The van der Waals surface area contributed by atoms with Crippen molar-refractivity contribution in [3.05, 3.63) is 35.6 Å². The van der Waals surface area contributed by atoms with Gasteiger partial charge in [0, 0.05) is 6.54 Å². The van der Waals surface area contributed by atoms with Crippen LogP contribution in [0, 0.1) is 11.2 Å². The van der Waals surface area contributed by atoms with Crippen LogP contribution in [-0.2, 0) is 9.53 Å². The molecular weight excluding hydrogens is 313 g/mol. The number of hydrogen-bond acceptors (Lipinski definition) is 3. The van der Waals surface area contributed by atoms with Gasteiger partial charge in [0.1, 0.15) is 18.0 Å². The van der Waals surface area contributed by atoms with E-state index >= 15 is 0 Å². The molecule has 1 aromatic rings. The predicted octanol–water partition coefficient (Wildman–Crippen LogP) is 1.81. The van der Waals surface area contributed by atoms with E-state index in [0.29, 0.717) is 25.3 Å². The van der Waals surface area contributed by atoms with E-state index < -0.39 is 23.6 Å². The second kappa shape index (κ2) is 7.17. The zero-order chi connectivity index (χ0) is 17.9. The van der Waals surface area contributed by atoms with Crippen LogP contribution in [0.5, 0.6) is 0 Å². The van der Waals surface area contributed by atoms with Crippen molar-refractivity contribution in [1.29, 1.82) is 0 Å². The fourth-order valence-corrected chi connectivity index (χ4v) is 2.73. The first-order valence-corrected chi connectivity index (χ1v) is 7.90. The topological polar surface area (TPSA) is 84.7 Å². The monoisotopic (exact) mass is 337 g/mol. The Labute approximate surface area is 141 Å². The lowest BCUT2D eigenvalue weighted by Gasteiger charge is -2.38. The van der Waals surface area contributed by atoms with Crippen molar-refractivity contribution < 1.29 is 18.7 Å². The number of halogens is 1. The van der Waals surface area contributed by atoms with E-state index in [-0.39, 0.29) is 11.7 Å². The van der Waals surface area contributed by atoms with E-state index in [2.05, 4.69) is 5.32 Å². The van der Waals surface area contributed by atoms with Crippen LogP contribution in [0.15, 0.2) is 24.3 Å². The Kier molecular flexibility index (Phi) is 5.43. The van der Waals surface area contributed by atoms with Crippen LogP contribution < -0.4 is 11.1 Å². The number of nitrogens with one attached hydrogen (secondary N) is 1. The van der Waals surface area contributed by atoms with Crippen LogP contribution >= 0.6 is 0 Å². The molecule has 3 N–H and O–H groups in total. The van der Waals surface area contributed by atoms with Crippen LogP contribution in [0.4, 0.5) is 9.18 Å². The summed E-state index contributed by atoms with van der Waals surface area (Å²) in [4.78, 5) is 25.7. The zero-order valence-corrected chi connectivity index (χ0v) is 14.2. The molecule has 1 heterocycles. The molecule has 2 rings (SSSR count). The maximum Gasteiger partial charge on any atom is 0.312 e. The maximum absolute atomic E-state index is 13.4. The minimum absolute atomic E-state index is 0.217. The smallest absolute Gasteiger partial charge is 0.312 e. The lowest BCUT2D eigenvalue weighted by Crippen LogP contribution is -2.57. The van der Waals surface area contributed by atoms with Crippen molar-refractivity contribution in [2.24, 2.45) is 11.1 Å². The third-order valence-electron chi connectivity index (χ3n) is 4.00. The van der Waals surface area contributed by atoms with Gasteiger partial charge in [-0.1, -0.05) is 32.9 Å². The molecule has 0 unspecified atom stereocenters. The zero-order valence-electron chi connectivity index (χ0n) is 14.2. The number of nitrogens with two attached hydrogens (primary N) is 1. The van der Waals surface area contributed by atoms with Gasteiger partial charge in [0.25, 0.3) is 0 Å². The fourth-order valence-electron chi connectivity index (χ4n) is 2.73. The number of morpholine rings is 1. The number of rotatable bonds is 3. The first-order valence-electron chi connectivity index (χ1n) is 7.90. The van der Waals surface area contributed by atoms with Gasteiger partial charge in [-0.2, -0.15) is 0 Å². The lowest BCUT2D eigenvalue weighted by molar-refractivity contribution is -0.143. The molecule has 7 heteroatoms. The summed E-state index contributed by atoms with van der Waals surface area (Å²) >= 11 is 0. The molecule has 1 aromatic carbocycles. The largest absolute Gasteiger partial charge is 0.370 e. The quantitative estimate of drug-likeness (QED) is 0.882. The normalized spacial score (nSPS) is 19.7.